The number of amides is 2. The molecule has 2 aromatic carbocycles. The van der Waals surface area contributed by atoms with E-state index in [9.17, 15) is 9.59 Å². The molecule has 0 saturated heterocycles. The van der Waals surface area contributed by atoms with Gasteiger partial charge in [0.15, 0.2) is 0 Å². The molecule has 2 rings (SSSR count). The molecule has 0 bridgehead atoms. The Bertz CT molecular complexity index is 715. The number of para-hydroxylation sites is 3. The van der Waals surface area contributed by atoms with E-state index in [1.807, 2.05) is 0 Å². The van der Waals surface area contributed by atoms with Gasteiger partial charge in [0.05, 0.1) is 28.5 Å². The fourth-order valence-electron chi connectivity index (χ4n) is 1.89. The van der Waals surface area contributed by atoms with Crippen LogP contribution in [0.1, 0.15) is 6.42 Å². The van der Waals surface area contributed by atoms with Crippen LogP contribution in [-0.4, -0.2) is 18.9 Å². The van der Waals surface area contributed by atoms with E-state index in [2.05, 4.69) is 10.6 Å². The van der Waals surface area contributed by atoms with E-state index in [0.29, 0.717) is 21.5 Å². The summed E-state index contributed by atoms with van der Waals surface area (Å²) in [6.07, 6.45) is -0.375. The van der Waals surface area contributed by atoms with Crippen molar-refractivity contribution in [1.82, 2.24) is 0 Å². The Hall–Kier alpha value is -2.24. The molecule has 0 unspecified atom stereocenters. The third-order valence-electron chi connectivity index (χ3n) is 2.93. The van der Waals surface area contributed by atoms with Crippen LogP contribution < -0.4 is 15.4 Å². The summed E-state index contributed by atoms with van der Waals surface area (Å²) in [7, 11) is 1.50. The van der Waals surface area contributed by atoms with Crippen molar-refractivity contribution >= 4 is 46.4 Å². The van der Waals surface area contributed by atoms with Gasteiger partial charge < -0.3 is 15.4 Å². The maximum Gasteiger partial charge on any atom is 0.233 e. The quantitative estimate of drug-likeness (QED) is 0.800. The minimum Gasteiger partial charge on any atom is -0.495 e. The smallest absolute Gasteiger partial charge is 0.233 e. The summed E-state index contributed by atoms with van der Waals surface area (Å²) < 4.78 is 5.13. The van der Waals surface area contributed by atoms with Crippen LogP contribution in [0.25, 0.3) is 0 Å². The Balaban J connectivity index is 1.99. The van der Waals surface area contributed by atoms with Crippen LogP contribution in [0.4, 0.5) is 11.4 Å². The molecule has 0 atom stereocenters. The number of halogens is 2. The lowest BCUT2D eigenvalue weighted by molar-refractivity contribution is -0.123. The van der Waals surface area contributed by atoms with E-state index in [-0.39, 0.29) is 12.1 Å². The minimum atomic E-state index is -0.521. The van der Waals surface area contributed by atoms with Crippen LogP contribution in [0.15, 0.2) is 42.5 Å². The van der Waals surface area contributed by atoms with Crippen LogP contribution in [0.3, 0.4) is 0 Å². The molecule has 0 fully saturated rings. The average molecular weight is 353 g/mol. The van der Waals surface area contributed by atoms with Crippen molar-refractivity contribution in [2.45, 2.75) is 6.42 Å². The van der Waals surface area contributed by atoms with Crippen molar-refractivity contribution < 1.29 is 14.3 Å². The van der Waals surface area contributed by atoms with Crippen molar-refractivity contribution in [3.63, 3.8) is 0 Å². The zero-order valence-electron chi connectivity index (χ0n) is 12.2. The molecule has 7 heteroatoms. The number of hydrogen-bond donors (Lipinski definition) is 2. The van der Waals surface area contributed by atoms with Gasteiger partial charge in [-0.05, 0) is 24.3 Å². The number of anilines is 2. The zero-order valence-corrected chi connectivity index (χ0v) is 13.7. The number of ether oxygens (including phenoxy) is 1. The lowest BCUT2D eigenvalue weighted by Crippen LogP contribution is -2.22. The third kappa shape index (κ3) is 4.61. The monoisotopic (exact) mass is 352 g/mol. The second-order valence-electron chi connectivity index (χ2n) is 4.57. The number of benzene rings is 2. The number of carbonyl (C=O) groups is 2. The minimum absolute atomic E-state index is 0.283. The lowest BCUT2D eigenvalue weighted by Gasteiger charge is -2.11. The second kappa shape index (κ2) is 7.85. The topological polar surface area (TPSA) is 67.4 Å². The van der Waals surface area contributed by atoms with Crippen molar-refractivity contribution in [1.29, 1.82) is 0 Å². The predicted octanol–water partition coefficient (Wildman–Crippen LogP) is 3.97. The predicted molar refractivity (Wildman–Crippen MR) is 91.3 cm³/mol. The molecule has 0 spiro atoms. The molecule has 0 aliphatic heterocycles. The number of carbonyl (C=O) groups excluding carboxylic acids is 2. The molecule has 0 heterocycles. The molecule has 0 aliphatic carbocycles. The van der Waals surface area contributed by atoms with Crippen molar-refractivity contribution in [2.24, 2.45) is 0 Å². The van der Waals surface area contributed by atoms with E-state index >= 15 is 0 Å². The largest absolute Gasteiger partial charge is 0.495 e. The van der Waals surface area contributed by atoms with E-state index < -0.39 is 11.8 Å². The van der Waals surface area contributed by atoms with E-state index in [1.54, 1.807) is 42.5 Å². The van der Waals surface area contributed by atoms with Gasteiger partial charge in [0, 0.05) is 0 Å². The van der Waals surface area contributed by atoms with Gasteiger partial charge in [-0.1, -0.05) is 41.4 Å². The van der Waals surface area contributed by atoms with Crippen molar-refractivity contribution in [3.8, 4) is 5.75 Å². The first-order chi connectivity index (χ1) is 11.0. The Morgan fingerprint density at radius 2 is 1.57 bits per heavy atom. The van der Waals surface area contributed by atoms with Crippen LogP contribution in [0.2, 0.25) is 10.0 Å². The summed E-state index contributed by atoms with van der Waals surface area (Å²) in [5.41, 5.74) is 0.773. The number of nitrogens with one attached hydrogen (secondary N) is 2. The van der Waals surface area contributed by atoms with Gasteiger partial charge in [-0.25, -0.2) is 0 Å². The van der Waals surface area contributed by atoms with Gasteiger partial charge in [0.25, 0.3) is 0 Å². The van der Waals surface area contributed by atoms with Gasteiger partial charge in [0.2, 0.25) is 11.8 Å². The molecule has 0 saturated carbocycles. The summed E-state index contributed by atoms with van der Waals surface area (Å²) in [6, 6.07) is 11.8. The van der Waals surface area contributed by atoms with Gasteiger partial charge in [0.1, 0.15) is 12.2 Å². The summed E-state index contributed by atoms with van der Waals surface area (Å²) >= 11 is 11.9. The molecular formula is C16H14Cl2N2O3. The highest BCUT2D eigenvalue weighted by Crippen LogP contribution is 2.30. The normalized spacial score (nSPS) is 10.0. The van der Waals surface area contributed by atoms with Crippen LogP contribution >= 0.6 is 23.2 Å². The fourth-order valence-corrected chi connectivity index (χ4v) is 2.38. The van der Waals surface area contributed by atoms with Crippen LogP contribution in [0.5, 0.6) is 5.75 Å². The van der Waals surface area contributed by atoms with E-state index in [1.165, 1.54) is 7.11 Å². The van der Waals surface area contributed by atoms with Gasteiger partial charge in [-0.15, -0.1) is 0 Å². The summed E-state index contributed by atoms with van der Waals surface area (Å²) in [4.78, 5) is 23.9. The highest BCUT2D eigenvalue weighted by atomic mass is 35.5. The highest BCUT2D eigenvalue weighted by molar-refractivity contribution is 6.39. The summed E-state index contributed by atoms with van der Waals surface area (Å²) in [5, 5.41) is 5.75. The van der Waals surface area contributed by atoms with Crippen molar-refractivity contribution in [3.05, 3.63) is 52.5 Å². The summed E-state index contributed by atoms with van der Waals surface area (Å²) in [5.74, 6) is -0.488. The molecule has 0 radical (unpaired) electrons. The molecule has 2 N–H and O–H groups in total. The van der Waals surface area contributed by atoms with Gasteiger partial charge >= 0.3 is 0 Å². The molecule has 2 amide bonds. The van der Waals surface area contributed by atoms with Crippen LogP contribution in [-0.2, 0) is 9.59 Å². The molecule has 2 aromatic rings. The Kier molecular flexibility index (Phi) is 5.84. The first kappa shape index (κ1) is 17.1. The molecule has 120 valence electrons. The third-order valence-corrected chi connectivity index (χ3v) is 3.56. The van der Waals surface area contributed by atoms with E-state index in [4.69, 9.17) is 27.9 Å². The van der Waals surface area contributed by atoms with Gasteiger partial charge in [-0.2, -0.15) is 0 Å². The molecule has 23 heavy (non-hydrogen) atoms. The highest BCUT2D eigenvalue weighted by Gasteiger charge is 2.14. The molecule has 0 aromatic heterocycles. The zero-order chi connectivity index (χ0) is 16.8. The average Bonchev–Trinajstić information content (AvgIpc) is 2.51. The first-order valence-corrected chi connectivity index (χ1v) is 7.43. The lowest BCUT2D eigenvalue weighted by atomic mass is 10.2. The molecule has 0 aliphatic rings. The van der Waals surface area contributed by atoms with Gasteiger partial charge in [-0.3, -0.25) is 9.59 Å². The van der Waals surface area contributed by atoms with Crippen LogP contribution in [0, 0.1) is 0 Å². The molecule has 5 nitrogen and oxygen atoms in total. The SMILES string of the molecule is COc1ccccc1NC(=O)CC(=O)Nc1c(Cl)cccc1Cl. The molecular weight excluding hydrogens is 339 g/mol. The Morgan fingerprint density at radius 3 is 2.22 bits per heavy atom. The Labute approximate surface area is 143 Å². The Morgan fingerprint density at radius 1 is 0.957 bits per heavy atom. The second-order valence-corrected chi connectivity index (χ2v) is 5.38. The number of methoxy groups -OCH3 is 1. The number of rotatable bonds is 5. The maximum absolute atomic E-state index is 12.0. The fraction of sp³-hybridized carbons (Fsp3) is 0.125. The van der Waals surface area contributed by atoms with E-state index in [0.717, 1.165) is 0 Å². The maximum atomic E-state index is 12.0. The number of hydrogen-bond acceptors (Lipinski definition) is 3. The summed E-state index contributed by atoms with van der Waals surface area (Å²) in [6.45, 7) is 0. The van der Waals surface area contributed by atoms with Crippen molar-refractivity contribution in [2.75, 3.05) is 17.7 Å². The standard InChI is InChI=1S/C16H14Cl2N2O3/c1-23-13-8-3-2-7-12(13)19-14(21)9-15(22)20-16-10(17)5-4-6-11(16)18/h2-8H,9H2,1H3,(H,19,21)(H,20,22). The first-order valence-electron chi connectivity index (χ1n) is 6.68.